The molecule has 0 radical (unpaired) electrons. The summed E-state index contributed by atoms with van der Waals surface area (Å²) in [5.74, 6) is -0.708. The van der Waals surface area contributed by atoms with E-state index >= 15 is 0 Å². The lowest BCUT2D eigenvalue weighted by atomic mass is 10.1. The number of aryl methyl sites for hydroxylation is 1. The number of non-ortho nitro benzene ring substituents is 1. The van der Waals surface area contributed by atoms with Gasteiger partial charge in [-0.2, -0.15) is 0 Å². The molecule has 31 heavy (non-hydrogen) atoms. The average molecular weight is 480 g/mol. The van der Waals surface area contributed by atoms with Gasteiger partial charge >= 0.3 is 0 Å². The molecule has 3 rings (SSSR count). The first-order chi connectivity index (χ1) is 14.6. The van der Waals surface area contributed by atoms with Crippen LogP contribution >= 0.6 is 23.2 Å². The Balaban J connectivity index is 1.92. The molecule has 0 aliphatic rings. The minimum absolute atomic E-state index is 0.000471. The third-order valence-corrected chi connectivity index (χ3v) is 6.14. The number of halogens is 2. The quantitative estimate of drug-likeness (QED) is 0.368. The number of hydrogen-bond donors (Lipinski definition) is 2. The molecule has 0 bridgehead atoms. The highest BCUT2D eigenvalue weighted by molar-refractivity contribution is 7.92. The molecule has 8 nitrogen and oxygen atoms in total. The van der Waals surface area contributed by atoms with Crippen LogP contribution in [0.5, 0.6) is 0 Å². The molecule has 0 aromatic heterocycles. The van der Waals surface area contributed by atoms with Crippen molar-refractivity contribution in [2.24, 2.45) is 0 Å². The summed E-state index contributed by atoms with van der Waals surface area (Å²) in [6, 6.07) is 13.8. The van der Waals surface area contributed by atoms with E-state index in [0.717, 1.165) is 11.6 Å². The van der Waals surface area contributed by atoms with Crippen molar-refractivity contribution in [2.45, 2.75) is 11.8 Å². The molecular weight excluding hydrogens is 465 g/mol. The van der Waals surface area contributed by atoms with Crippen LogP contribution in [0.25, 0.3) is 0 Å². The zero-order valence-corrected chi connectivity index (χ0v) is 18.3. The third-order valence-electron chi connectivity index (χ3n) is 4.21. The Morgan fingerprint density at radius 3 is 2.23 bits per heavy atom. The molecule has 0 atom stereocenters. The van der Waals surface area contributed by atoms with Gasteiger partial charge in [-0.05, 0) is 43.3 Å². The zero-order valence-electron chi connectivity index (χ0n) is 15.9. The van der Waals surface area contributed by atoms with E-state index in [4.69, 9.17) is 23.2 Å². The molecule has 0 saturated heterocycles. The number of benzene rings is 3. The summed E-state index contributed by atoms with van der Waals surface area (Å²) in [4.78, 5) is 23.1. The molecule has 3 aromatic carbocycles. The lowest BCUT2D eigenvalue weighted by molar-refractivity contribution is -0.384. The Bertz CT molecular complexity index is 1280. The minimum atomic E-state index is -3.97. The highest BCUT2D eigenvalue weighted by Crippen LogP contribution is 2.29. The van der Waals surface area contributed by atoms with E-state index in [2.05, 4.69) is 10.0 Å². The Kier molecular flexibility index (Phi) is 6.49. The second-order valence-electron chi connectivity index (χ2n) is 6.48. The highest BCUT2D eigenvalue weighted by Gasteiger charge is 2.20. The van der Waals surface area contributed by atoms with E-state index in [-0.39, 0.29) is 37.6 Å². The van der Waals surface area contributed by atoms with Crippen LogP contribution in [-0.4, -0.2) is 19.2 Å². The monoisotopic (exact) mass is 479 g/mol. The van der Waals surface area contributed by atoms with Crippen LogP contribution in [0.4, 0.5) is 17.1 Å². The predicted molar refractivity (Wildman–Crippen MR) is 119 cm³/mol. The van der Waals surface area contributed by atoms with E-state index in [1.807, 2.05) is 6.92 Å². The van der Waals surface area contributed by atoms with E-state index in [1.54, 1.807) is 12.1 Å². The smallest absolute Gasteiger partial charge is 0.271 e. The topological polar surface area (TPSA) is 118 Å². The normalized spacial score (nSPS) is 11.1. The van der Waals surface area contributed by atoms with Gasteiger partial charge in [0.15, 0.2) is 0 Å². The van der Waals surface area contributed by atoms with Crippen LogP contribution < -0.4 is 10.0 Å². The lowest BCUT2D eigenvalue weighted by Gasteiger charge is -2.14. The Hall–Kier alpha value is -3.14. The zero-order chi connectivity index (χ0) is 22.8. The van der Waals surface area contributed by atoms with Gasteiger partial charge < -0.3 is 5.32 Å². The molecule has 0 aliphatic carbocycles. The fourth-order valence-corrected chi connectivity index (χ4v) is 4.10. The molecule has 0 saturated carbocycles. The minimum Gasteiger partial charge on any atom is -0.321 e. The van der Waals surface area contributed by atoms with Gasteiger partial charge in [0.1, 0.15) is 0 Å². The van der Waals surface area contributed by atoms with Crippen LogP contribution in [0.1, 0.15) is 15.9 Å². The summed E-state index contributed by atoms with van der Waals surface area (Å²) in [6.07, 6.45) is 0. The largest absolute Gasteiger partial charge is 0.321 e. The second kappa shape index (κ2) is 8.93. The number of carbonyl (C=O) groups excluding carboxylic acids is 1. The maximum atomic E-state index is 12.8. The number of rotatable bonds is 6. The number of nitro groups is 1. The Labute approximate surface area is 188 Å². The third kappa shape index (κ3) is 5.32. The van der Waals surface area contributed by atoms with Crippen molar-refractivity contribution in [1.82, 2.24) is 0 Å². The molecule has 11 heteroatoms. The molecule has 0 heterocycles. The van der Waals surface area contributed by atoms with Crippen LogP contribution in [0.3, 0.4) is 0 Å². The van der Waals surface area contributed by atoms with Crippen LogP contribution in [0.15, 0.2) is 65.6 Å². The van der Waals surface area contributed by atoms with Crippen LogP contribution in [0, 0.1) is 17.0 Å². The number of nitrogens with one attached hydrogen (secondary N) is 2. The number of hydrogen-bond acceptors (Lipinski definition) is 5. The van der Waals surface area contributed by atoms with Gasteiger partial charge in [0, 0.05) is 17.2 Å². The summed E-state index contributed by atoms with van der Waals surface area (Å²) in [6.45, 7) is 1.83. The maximum absolute atomic E-state index is 12.8. The van der Waals surface area contributed by atoms with Gasteiger partial charge in [-0.1, -0.05) is 40.9 Å². The summed E-state index contributed by atoms with van der Waals surface area (Å²) < 4.78 is 27.8. The van der Waals surface area contributed by atoms with Crippen molar-refractivity contribution < 1.29 is 18.1 Å². The summed E-state index contributed by atoms with van der Waals surface area (Å²) >= 11 is 12.0. The summed E-state index contributed by atoms with van der Waals surface area (Å²) in [5.41, 5.74) is 0.713. The molecule has 1 amide bonds. The summed E-state index contributed by atoms with van der Waals surface area (Å²) in [7, 11) is -3.97. The molecule has 0 unspecified atom stereocenters. The average Bonchev–Trinajstić information content (AvgIpc) is 2.70. The number of anilines is 2. The van der Waals surface area contributed by atoms with E-state index in [9.17, 15) is 23.3 Å². The van der Waals surface area contributed by atoms with Gasteiger partial charge in [0.2, 0.25) is 0 Å². The Morgan fingerprint density at radius 2 is 1.61 bits per heavy atom. The molecule has 0 fully saturated rings. The van der Waals surface area contributed by atoms with Gasteiger partial charge in [-0.3, -0.25) is 19.6 Å². The highest BCUT2D eigenvalue weighted by atomic mass is 35.5. The maximum Gasteiger partial charge on any atom is 0.271 e. The van der Waals surface area contributed by atoms with Crippen molar-refractivity contribution >= 4 is 56.2 Å². The van der Waals surface area contributed by atoms with Crippen LogP contribution in [0.2, 0.25) is 10.0 Å². The molecule has 0 aliphatic heterocycles. The molecule has 0 spiro atoms. The molecule has 3 aromatic rings. The van der Waals surface area contributed by atoms with E-state index in [0.29, 0.717) is 0 Å². The SMILES string of the molecule is Cc1ccc(S(=O)(=O)Nc2ccc(Cl)cc2C(=O)Nc2ccc([N+](=O)[O-])cc2Cl)cc1. The standard InChI is InChI=1S/C20H15Cl2N3O5S/c1-12-2-6-15(7-3-12)31(29,30)24-18-8-4-13(21)10-16(18)20(26)23-19-9-5-14(25(27)28)11-17(19)22/h2-11,24H,1H3,(H,23,26). The first kappa shape index (κ1) is 22.5. The van der Waals surface area contributed by atoms with E-state index in [1.165, 1.54) is 42.5 Å². The number of sulfonamides is 1. The van der Waals surface area contributed by atoms with Crippen molar-refractivity contribution in [3.63, 3.8) is 0 Å². The van der Waals surface area contributed by atoms with Crippen molar-refractivity contribution in [3.05, 3.63) is 92.0 Å². The van der Waals surface area contributed by atoms with Crippen molar-refractivity contribution in [3.8, 4) is 0 Å². The molecular formula is C20H15Cl2N3O5S. The summed E-state index contributed by atoms with van der Waals surface area (Å²) in [5, 5.41) is 13.5. The van der Waals surface area contributed by atoms with Crippen molar-refractivity contribution in [2.75, 3.05) is 10.0 Å². The second-order valence-corrected chi connectivity index (χ2v) is 9.01. The molecule has 160 valence electrons. The van der Waals surface area contributed by atoms with Gasteiger partial charge in [-0.15, -0.1) is 0 Å². The number of nitrogens with zero attached hydrogens (tertiary/aromatic N) is 1. The molecule has 2 N–H and O–H groups in total. The number of carbonyl (C=O) groups is 1. The fraction of sp³-hybridized carbons (Fsp3) is 0.0500. The van der Waals surface area contributed by atoms with Gasteiger partial charge in [0.25, 0.3) is 21.6 Å². The van der Waals surface area contributed by atoms with Crippen LogP contribution in [-0.2, 0) is 10.0 Å². The van der Waals surface area contributed by atoms with Gasteiger partial charge in [0.05, 0.1) is 31.8 Å². The lowest BCUT2D eigenvalue weighted by Crippen LogP contribution is -2.19. The van der Waals surface area contributed by atoms with E-state index < -0.39 is 20.9 Å². The first-order valence-electron chi connectivity index (χ1n) is 8.71. The number of nitro benzene ring substituents is 1. The van der Waals surface area contributed by atoms with Crippen molar-refractivity contribution in [1.29, 1.82) is 0 Å². The predicted octanol–water partition coefficient (Wildman–Crippen LogP) is 5.26. The first-order valence-corrected chi connectivity index (χ1v) is 10.9. The Morgan fingerprint density at radius 1 is 0.968 bits per heavy atom. The number of amides is 1. The fourth-order valence-electron chi connectivity index (χ4n) is 2.62. The van der Waals surface area contributed by atoms with Gasteiger partial charge in [-0.25, -0.2) is 8.42 Å².